The fourth-order valence-corrected chi connectivity index (χ4v) is 3.73. The maximum atomic E-state index is 13.5. The molecule has 1 fully saturated rings. The summed E-state index contributed by atoms with van der Waals surface area (Å²) in [5.41, 5.74) is 2.96. The van der Waals surface area contributed by atoms with Crippen LogP contribution in [0.15, 0.2) is 78.9 Å². The number of rotatable bonds is 5. The fourth-order valence-electron chi connectivity index (χ4n) is 3.73. The molecule has 1 amide bonds. The number of hydrogen-bond acceptors (Lipinski definition) is 3. The van der Waals surface area contributed by atoms with E-state index in [0.717, 1.165) is 23.2 Å². The van der Waals surface area contributed by atoms with Crippen molar-refractivity contribution in [1.29, 1.82) is 0 Å². The second kappa shape index (κ2) is 8.26. The molecule has 1 aliphatic rings. The van der Waals surface area contributed by atoms with Gasteiger partial charge in [-0.3, -0.25) is 4.79 Å². The highest BCUT2D eigenvalue weighted by molar-refractivity contribution is 5.87. The molecule has 142 valence electrons. The molecule has 0 aliphatic carbocycles. The van der Waals surface area contributed by atoms with E-state index < -0.39 is 0 Å². The zero-order chi connectivity index (χ0) is 19.3. The van der Waals surface area contributed by atoms with Gasteiger partial charge in [-0.15, -0.1) is 0 Å². The zero-order valence-corrected chi connectivity index (χ0v) is 16.0. The third-order valence-electron chi connectivity index (χ3n) is 5.12. The number of carbonyl (C=O) groups excluding carboxylic acids is 1. The van der Waals surface area contributed by atoms with Crippen LogP contribution in [0.5, 0.6) is 5.88 Å². The molecule has 1 aliphatic heterocycles. The van der Waals surface area contributed by atoms with Crippen molar-refractivity contribution in [2.24, 2.45) is 0 Å². The van der Waals surface area contributed by atoms with Gasteiger partial charge in [-0.2, -0.15) is 0 Å². The first-order valence-corrected chi connectivity index (χ1v) is 9.70. The normalized spacial score (nSPS) is 16.4. The highest BCUT2D eigenvalue weighted by Gasteiger charge is 2.33. The van der Waals surface area contributed by atoms with Gasteiger partial charge in [-0.1, -0.05) is 66.7 Å². The number of aryl methyl sites for hydroxylation is 1. The molecule has 0 N–H and O–H groups in total. The molecule has 0 spiro atoms. The van der Waals surface area contributed by atoms with E-state index in [0.29, 0.717) is 19.0 Å². The first-order valence-electron chi connectivity index (χ1n) is 9.70. The van der Waals surface area contributed by atoms with Gasteiger partial charge in [-0.25, -0.2) is 4.98 Å². The molecule has 1 atom stereocenters. The lowest BCUT2D eigenvalue weighted by molar-refractivity contribution is -0.131. The lowest BCUT2D eigenvalue weighted by Gasteiger charge is -2.24. The van der Waals surface area contributed by atoms with Crippen molar-refractivity contribution < 1.29 is 9.53 Å². The second-order valence-corrected chi connectivity index (χ2v) is 7.18. The molecule has 28 heavy (non-hydrogen) atoms. The highest BCUT2D eigenvalue weighted by atomic mass is 16.5. The number of ether oxygens (including phenoxy) is 1. The molecular weight excluding hydrogens is 348 g/mol. The molecule has 0 radical (unpaired) electrons. The van der Waals surface area contributed by atoms with E-state index in [4.69, 9.17) is 4.74 Å². The van der Waals surface area contributed by atoms with Crippen LogP contribution >= 0.6 is 0 Å². The van der Waals surface area contributed by atoms with Crippen molar-refractivity contribution in [3.63, 3.8) is 0 Å². The van der Waals surface area contributed by atoms with E-state index >= 15 is 0 Å². The van der Waals surface area contributed by atoms with Gasteiger partial charge in [0.25, 0.3) is 0 Å². The van der Waals surface area contributed by atoms with Crippen LogP contribution in [0.1, 0.15) is 29.2 Å². The van der Waals surface area contributed by atoms with Crippen molar-refractivity contribution in [3.8, 4) is 5.88 Å². The van der Waals surface area contributed by atoms with Gasteiger partial charge in [0.15, 0.2) is 0 Å². The lowest BCUT2D eigenvalue weighted by Crippen LogP contribution is -2.35. The summed E-state index contributed by atoms with van der Waals surface area (Å²) in [4.78, 5) is 19.8. The molecule has 2 aromatic carbocycles. The monoisotopic (exact) mass is 372 g/mol. The number of pyridine rings is 1. The van der Waals surface area contributed by atoms with Crippen LogP contribution < -0.4 is 4.74 Å². The minimum absolute atomic E-state index is 0.0227. The van der Waals surface area contributed by atoms with Crippen LogP contribution in [0, 0.1) is 6.92 Å². The Bertz CT molecular complexity index is 888. The maximum Gasteiger partial charge on any atom is 0.234 e. The topological polar surface area (TPSA) is 42.4 Å². The van der Waals surface area contributed by atoms with Gasteiger partial charge in [-0.05, 0) is 24.1 Å². The predicted molar refractivity (Wildman–Crippen MR) is 109 cm³/mol. The van der Waals surface area contributed by atoms with Crippen molar-refractivity contribution >= 4 is 5.91 Å². The lowest BCUT2D eigenvalue weighted by atomic mass is 9.90. The standard InChI is InChI=1S/C24H24N2O2/c1-18-9-8-14-22(25-18)28-21-15-16-26(17-21)24(27)23(19-10-4-2-5-11-19)20-12-6-3-7-13-20/h2-14,21,23H,15-17H2,1H3. The predicted octanol–water partition coefficient (Wildman–Crippen LogP) is 4.20. The number of benzene rings is 2. The number of aromatic nitrogens is 1. The minimum Gasteiger partial charge on any atom is -0.472 e. The van der Waals surface area contributed by atoms with Gasteiger partial charge in [0.05, 0.1) is 12.5 Å². The third-order valence-corrected chi connectivity index (χ3v) is 5.12. The van der Waals surface area contributed by atoms with Crippen LogP contribution in [0.25, 0.3) is 0 Å². The second-order valence-electron chi connectivity index (χ2n) is 7.18. The summed E-state index contributed by atoms with van der Waals surface area (Å²) in [7, 11) is 0. The van der Waals surface area contributed by atoms with Crippen LogP contribution in [-0.2, 0) is 4.79 Å². The Morgan fingerprint density at radius 3 is 2.21 bits per heavy atom. The fraction of sp³-hybridized carbons (Fsp3) is 0.250. The SMILES string of the molecule is Cc1cccc(OC2CCN(C(=O)C(c3ccccc3)c3ccccc3)C2)n1. The number of carbonyl (C=O) groups is 1. The Kier molecular flexibility index (Phi) is 5.38. The number of amides is 1. The summed E-state index contributed by atoms with van der Waals surface area (Å²) >= 11 is 0. The molecular formula is C24H24N2O2. The largest absolute Gasteiger partial charge is 0.472 e. The molecule has 4 nitrogen and oxygen atoms in total. The Balaban J connectivity index is 1.51. The summed E-state index contributed by atoms with van der Waals surface area (Å²) in [6, 6.07) is 25.7. The molecule has 4 heteroatoms. The van der Waals surface area contributed by atoms with Gasteiger partial charge in [0.2, 0.25) is 11.8 Å². The molecule has 0 bridgehead atoms. The van der Waals surface area contributed by atoms with Crippen molar-refractivity contribution in [1.82, 2.24) is 9.88 Å². The third kappa shape index (κ3) is 4.06. The average molecular weight is 372 g/mol. The summed E-state index contributed by atoms with van der Waals surface area (Å²) < 4.78 is 6.02. The Morgan fingerprint density at radius 1 is 0.964 bits per heavy atom. The Hall–Kier alpha value is -3.14. The van der Waals surface area contributed by atoms with E-state index in [2.05, 4.69) is 4.98 Å². The smallest absolute Gasteiger partial charge is 0.234 e. The minimum atomic E-state index is -0.293. The summed E-state index contributed by atoms with van der Waals surface area (Å²) in [5, 5.41) is 0. The molecule has 3 aromatic rings. The number of hydrogen-bond donors (Lipinski definition) is 0. The van der Waals surface area contributed by atoms with E-state index in [1.165, 1.54) is 0 Å². The first kappa shape index (κ1) is 18.2. The van der Waals surface area contributed by atoms with Crippen molar-refractivity contribution in [3.05, 3.63) is 95.7 Å². The highest BCUT2D eigenvalue weighted by Crippen LogP contribution is 2.29. The Morgan fingerprint density at radius 2 is 1.61 bits per heavy atom. The summed E-state index contributed by atoms with van der Waals surface area (Å²) in [6.07, 6.45) is 0.794. The van der Waals surface area contributed by atoms with E-state index in [1.54, 1.807) is 0 Å². The van der Waals surface area contributed by atoms with Gasteiger partial charge >= 0.3 is 0 Å². The summed E-state index contributed by atoms with van der Waals surface area (Å²) in [5.74, 6) is 0.459. The molecule has 1 saturated heterocycles. The number of nitrogens with zero attached hydrogens (tertiary/aromatic N) is 2. The van der Waals surface area contributed by atoms with Crippen LogP contribution in [0.3, 0.4) is 0 Å². The van der Waals surface area contributed by atoms with Crippen molar-refractivity contribution in [2.75, 3.05) is 13.1 Å². The molecule has 2 heterocycles. The molecule has 4 rings (SSSR count). The first-order chi connectivity index (χ1) is 13.7. The van der Waals surface area contributed by atoms with Gasteiger partial charge in [0.1, 0.15) is 6.10 Å². The maximum absolute atomic E-state index is 13.5. The average Bonchev–Trinajstić information content (AvgIpc) is 3.18. The quantitative estimate of drug-likeness (QED) is 0.674. The van der Waals surface area contributed by atoms with E-state index in [9.17, 15) is 4.79 Å². The van der Waals surface area contributed by atoms with Crippen LogP contribution in [0.2, 0.25) is 0 Å². The molecule has 0 saturated carbocycles. The summed E-state index contributed by atoms with van der Waals surface area (Å²) in [6.45, 7) is 3.23. The van der Waals surface area contributed by atoms with Crippen molar-refractivity contribution in [2.45, 2.75) is 25.4 Å². The van der Waals surface area contributed by atoms with E-state index in [1.807, 2.05) is 90.7 Å². The van der Waals surface area contributed by atoms with Gasteiger partial charge < -0.3 is 9.64 Å². The van der Waals surface area contributed by atoms with Crippen LogP contribution in [-0.4, -0.2) is 35.0 Å². The van der Waals surface area contributed by atoms with E-state index in [-0.39, 0.29) is 17.9 Å². The number of likely N-dealkylation sites (tertiary alicyclic amines) is 1. The molecule has 1 aromatic heterocycles. The molecule has 1 unspecified atom stereocenters. The zero-order valence-electron chi connectivity index (χ0n) is 16.0. The Labute approximate surface area is 165 Å². The van der Waals surface area contributed by atoms with Gasteiger partial charge in [0, 0.05) is 24.7 Å². The van der Waals surface area contributed by atoms with Crippen LogP contribution in [0.4, 0.5) is 0 Å².